The molecule has 0 spiro atoms. The third kappa shape index (κ3) is 4.00. The fraction of sp³-hybridized carbons (Fsp3) is 0.762. The number of aromatic nitrogens is 1. The summed E-state index contributed by atoms with van der Waals surface area (Å²) in [4.78, 5) is 7.18. The van der Waals surface area contributed by atoms with Gasteiger partial charge < -0.3 is 4.74 Å². The summed E-state index contributed by atoms with van der Waals surface area (Å²) in [7, 11) is 0. The Morgan fingerprint density at radius 2 is 2.12 bits per heavy atom. The zero-order valence-corrected chi connectivity index (χ0v) is 16.0. The van der Waals surface area contributed by atoms with Gasteiger partial charge in [-0.15, -0.1) is 0 Å². The summed E-state index contributed by atoms with van der Waals surface area (Å²) in [6, 6.07) is 4.38. The largest absolute Gasteiger partial charge is 0.381 e. The van der Waals surface area contributed by atoms with E-state index in [-0.39, 0.29) is 5.54 Å². The molecule has 1 saturated heterocycles. The molecule has 2 heterocycles. The Kier molecular flexibility index (Phi) is 5.31. The van der Waals surface area contributed by atoms with E-state index in [0.29, 0.717) is 5.41 Å². The molecule has 0 unspecified atom stereocenters. The molecular formula is C21H34N2O. The molecule has 0 aromatic carbocycles. The second kappa shape index (κ2) is 7.13. The summed E-state index contributed by atoms with van der Waals surface area (Å²) in [6.07, 6.45) is 8.96. The summed E-state index contributed by atoms with van der Waals surface area (Å²) in [6.45, 7) is 12.9. The Hall–Kier alpha value is -0.930. The number of pyridine rings is 1. The molecule has 3 rings (SSSR count). The van der Waals surface area contributed by atoms with Gasteiger partial charge in [0.15, 0.2) is 0 Å². The highest BCUT2D eigenvalue weighted by atomic mass is 16.5. The van der Waals surface area contributed by atoms with Crippen LogP contribution in [0.3, 0.4) is 0 Å². The molecule has 134 valence electrons. The zero-order valence-electron chi connectivity index (χ0n) is 16.0. The molecule has 1 atom stereocenters. The van der Waals surface area contributed by atoms with E-state index in [1.165, 1.54) is 44.2 Å². The van der Waals surface area contributed by atoms with E-state index in [1.807, 2.05) is 0 Å². The van der Waals surface area contributed by atoms with Crippen LogP contribution in [-0.2, 0) is 10.3 Å². The average molecular weight is 331 g/mol. The minimum atomic E-state index is 0.0360. The molecule has 3 heteroatoms. The fourth-order valence-corrected chi connectivity index (χ4v) is 4.05. The van der Waals surface area contributed by atoms with Crippen LogP contribution in [0.15, 0.2) is 18.3 Å². The van der Waals surface area contributed by atoms with E-state index in [9.17, 15) is 0 Å². The van der Waals surface area contributed by atoms with Crippen molar-refractivity contribution < 1.29 is 4.74 Å². The number of hydrogen-bond acceptors (Lipinski definition) is 3. The lowest BCUT2D eigenvalue weighted by Crippen LogP contribution is -2.42. The number of aryl methyl sites for hydroxylation is 1. The normalized spacial score (nSPS) is 25.3. The van der Waals surface area contributed by atoms with Crippen molar-refractivity contribution in [2.24, 2.45) is 11.3 Å². The molecule has 3 nitrogen and oxygen atoms in total. The number of ether oxygens (including phenoxy) is 1. The Morgan fingerprint density at radius 1 is 1.33 bits per heavy atom. The van der Waals surface area contributed by atoms with Crippen LogP contribution >= 0.6 is 0 Å². The molecule has 1 aliphatic carbocycles. The van der Waals surface area contributed by atoms with E-state index in [2.05, 4.69) is 55.9 Å². The second-order valence-electron chi connectivity index (χ2n) is 8.54. The average Bonchev–Trinajstić information content (AvgIpc) is 3.30. The van der Waals surface area contributed by atoms with Crippen molar-refractivity contribution in [3.05, 3.63) is 29.6 Å². The van der Waals surface area contributed by atoms with Gasteiger partial charge in [0.1, 0.15) is 0 Å². The molecule has 1 aromatic rings. The molecule has 24 heavy (non-hydrogen) atoms. The minimum Gasteiger partial charge on any atom is -0.381 e. The summed E-state index contributed by atoms with van der Waals surface area (Å²) in [5.74, 6) is 1.01. The number of hydrogen-bond donors (Lipinski definition) is 0. The minimum absolute atomic E-state index is 0.0360. The highest BCUT2D eigenvalue weighted by molar-refractivity contribution is 5.22. The van der Waals surface area contributed by atoms with Crippen molar-refractivity contribution in [3.8, 4) is 0 Å². The first-order chi connectivity index (χ1) is 11.5. The van der Waals surface area contributed by atoms with Crippen molar-refractivity contribution in [1.29, 1.82) is 0 Å². The highest BCUT2D eigenvalue weighted by Crippen LogP contribution is 2.44. The van der Waals surface area contributed by atoms with Crippen molar-refractivity contribution in [3.63, 3.8) is 0 Å². The van der Waals surface area contributed by atoms with Crippen LogP contribution in [0.25, 0.3) is 0 Å². The third-order valence-corrected chi connectivity index (χ3v) is 6.24. The van der Waals surface area contributed by atoms with Gasteiger partial charge in [0.25, 0.3) is 0 Å². The molecule has 2 aliphatic rings. The van der Waals surface area contributed by atoms with Crippen LogP contribution in [0.5, 0.6) is 0 Å². The monoisotopic (exact) mass is 330 g/mol. The first-order valence-electron chi connectivity index (χ1n) is 9.71. The topological polar surface area (TPSA) is 25.4 Å². The molecule has 1 aromatic heterocycles. The van der Waals surface area contributed by atoms with Crippen molar-refractivity contribution >= 4 is 0 Å². The van der Waals surface area contributed by atoms with Gasteiger partial charge in [0.05, 0.1) is 6.61 Å². The Morgan fingerprint density at radius 3 is 2.75 bits per heavy atom. The lowest BCUT2D eigenvalue weighted by Gasteiger charge is -2.38. The lowest BCUT2D eigenvalue weighted by molar-refractivity contribution is 0.0364. The molecule has 2 fully saturated rings. The Balaban J connectivity index is 1.70. The van der Waals surface area contributed by atoms with Crippen molar-refractivity contribution in [1.82, 2.24) is 9.88 Å². The third-order valence-electron chi connectivity index (χ3n) is 6.24. The van der Waals surface area contributed by atoms with Gasteiger partial charge in [-0.2, -0.15) is 0 Å². The van der Waals surface area contributed by atoms with E-state index >= 15 is 0 Å². The van der Waals surface area contributed by atoms with Gasteiger partial charge in [0.2, 0.25) is 0 Å². The SMILES string of the molecule is CCOC[C@@]1(CCC2CC2)CCN(C(C)(C)c2ccc(C)nc2)C1. The van der Waals surface area contributed by atoms with Crippen molar-refractivity contribution in [2.45, 2.75) is 65.3 Å². The van der Waals surface area contributed by atoms with Gasteiger partial charge in [-0.3, -0.25) is 9.88 Å². The summed E-state index contributed by atoms with van der Waals surface area (Å²) in [5, 5.41) is 0. The molecule has 0 N–H and O–H groups in total. The van der Waals surface area contributed by atoms with Gasteiger partial charge in [-0.25, -0.2) is 0 Å². The van der Waals surface area contributed by atoms with Gasteiger partial charge in [-0.05, 0) is 71.0 Å². The van der Waals surface area contributed by atoms with Gasteiger partial charge in [-0.1, -0.05) is 18.9 Å². The predicted octanol–water partition coefficient (Wildman–Crippen LogP) is 4.54. The molecule has 1 aliphatic heterocycles. The first kappa shape index (κ1) is 17.9. The number of nitrogens with zero attached hydrogens (tertiary/aromatic N) is 2. The van der Waals surface area contributed by atoms with Crippen LogP contribution in [0.2, 0.25) is 0 Å². The van der Waals surface area contributed by atoms with Crippen LogP contribution in [0.1, 0.15) is 64.1 Å². The quantitative estimate of drug-likeness (QED) is 0.699. The zero-order chi connectivity index (χ0) is 17.2. The van der Waals surface area contributed by atoms with Crippen LogP contribution in [-0.4, -0.2) is 36.2 Å². The van der Waals surface area contributed by atoms with Crippen LogP contribution in [0.4, 0.5) is 0 Å². The maximum Gasteiger partial charge on any atom is 0.0535 e. The Labute approximate surface area is 147 Å². The van der Waals surface area contributed by atoms with Crippen molar-refractivity contribution in [2.75, 3.05) is 26.3 Å². The van der Waals surface area contributed by atoms with E-state index < -0.39 is 0 Å². The van der Waals surface area contributed by atoms with Crippen LogP contribution < -0.4 is 0 Å². The maximum atomic E-state index is 5.92. The summed E-state index contributed by atoms with van der Waals surface area (Å²) >= 11 is 0. The van der Waals surface area contributed by atoms with Gasteiger partial charge in [0, 0.05) is 36.0 Å². The fourth-order valence-electron chi connectivity index (χ4n) is 4.05. The van der Waals surface area contributed by atoms with E-state index in [1.54, 1.807) is 0 Å². The van der Waals surface area contributed by atoms with Crippen LogP contribution in [0, 0.1) is 18.3 Å². The van der Waals surface area contributed by atoms with E-state index in [0.717, 1.165) is 31.4 Å². The van der Waals surface area contributed by atoms with E-state index in [4.69, 9.17) is 4.74 Å². The highest BCUT2D eigenvalue weighted by Gasteiger charge is 2.44. The summed E-state index contributed by atoms with van der Waals surface area (Å²) in [5.41, 5.74) is 2.80. The molecule has 0 radical (unpaired) electrons. The standard InChI is InChI=1S/C21H34N2O/c1-5-24-16-21(11-10-18-7-8-18)12-13-23(15-21)20(3,4)19-9-6-17(2)22-14-19/h6,9,14,18H,5,7-8,10-13,15-16H2,1-4H3/t21-/m0/s1. The first-order valence-corrected chi connectivity index (χ1v) is 9.71. The Bertz CT molecular complexity index is 535. The smallest absolute Gasteiger partial charge is 0.0535 e. The number of rotatable bonds is 8. The molecule has 1 saturated carbocycles. The summed E-state index contributed by atoms with van der Waals surface area (Å²) < 4.78 is 5.92. The lowest BCUT2D eigenvalue weighted by atomic mass is 9.82. The second-order valence-corrected chi connectivity index (χ2v) is 8.54. The maximum absolute atomic E-state index is 5.92. The number of likely N-dealkylation sites (tertiary alicyclic amines) is 1. The predicted molar refractivity (Wildman–Crippen MR) is 99.1 cm³/mol. The molecular weight excluding hydrogens is 296 g/mol. The van der Waals surface area contributed by atoms with Gasteiger partial charge >= 0.3 is 0 Å². The molecule has 0 amide bonds. The molecule has 0 bridgehead atoms.